The molecule has 0 saturated carbocycles. The molecule has 0 aliphatic carbocycles. The monoisotopic (exact) mass is 1640 g/mol. The number of anilines is 8. The molecule has 1 saturated heterocycles. The first-order chi connectivity index (χ1) is 59.1. The molecule has 654 valence electrons. The topological polar surface area (TPSA) is 335 Å². The minimum atomic E-state index is -0.161. The van der Waals surface area contributed by atoms with Crippen molar-refractivity contribution < 1.29 is 20.4 Å². The fourth-order valence-electron chi connectivity index (χ4n) is 15.9. The normalized spacial score (nSPS) is 20.4. The second kappa shape index (κ2) is 55.9. The smallest absolute Gasteiger partial charge is 0.224 e. The van der Waals surface area contributed by atoms with Gasteiger partial charge in [-0.15, -0.1) is 0 Å². The Morgan fingerprint density at radius 3 is 0.883 bits per heavy atom. The van der Waals surface area contributed by atoms with Crippen LogP contribution in [0.2, 0.25) is 0 Å². The van der Waals surface area contributed by atoms with Crippen molar-refractivity contribution in [3.63, 3.8) is 0 Å². The fraction of sp³-hybridized carbons (Fsp3) is 0.621. The van der Waals surface area contributed by atoms with Crippen LogP contribution in [0.3, 0.4) is 0 Å². The Balaban J connectivity index is 0.000000169. The van der Waals surface area contributed by atoms with Gasteiger partial charge < -0.3 is 63.0 Å². The first-order valence-electron chi connectivity index (χ1n) is 46.7. The number of aromatic nitrogens is 12. The summed E-state index contributed by atoms with van der Waals surface area (Å²) in [7, 11) is 0. The lowest BCUT2D eigenvalue weighted by molar-refractivity contribution is 0.147. The van der Waals surface area contributed by atoms with Gasteiger partial charge in [0.25, 0.3) is 0 Å². The molecule has 8 bridgehead atoms. The molecule has 5 aliphatic heterocycles. The summed E-state index contributed by atoms with van der Waals surface area (Å²) in [6.07, 6.45) is 60.8. The van der Waals surface area contributed by atoms with Crippen molar-refractivity contribution in [1.82, 2.24) is 64.7 Å². The van der Waals surface area contributed by atoms with E-state index in [9.17, 15) is 20.4 Å². The van der Waals surface area contributed by atoms with Gasteiger partial charge in [0.05, 0.1) is 69.4 Å². The van der Waals surface area contributed by atoms with Crippen molar-refractivity contribution in [3.8, 4) is 45.0 Å². The van der Waals surface area contributed by atoms with Crippen molar-refractivity contribution >= 4 is 47.1 Å². The minimum Gasteiger partial charge on any atom is -0.393 e. The van der Waals surface area contributed by atoms with Crippen molar-refractivity contribution in [2.45, 2.75) is 314 Å². The number of fused-ring (bicyclic) bond motifs is 8. The molecule has 8 aromatic heterocycles. The summed E-state index contributed by atoms with van der Waals surface area (Å²) < 4.78 is 0. The van der Waals surface area contributed by atoms with Crippen LogP contribution in [0.4, 0.5) is 47.1 Å². The summed E-state index contributed by atoms with van der Waals surface area (Å²) in [6, 6.07) is 18.4. The third-order valence-electron chi connectivity index (χ3n) is 23.3. The quantitative estimate of drug-likeness (QED) is 0.0705. The molecule has 0 aromatic carbocycles. The SMILES string of the molecule is CCc1ccc(-c2cnc3nc2NCCCCC(O)CCCCCCCN3)nc1.Cc1ccc(-c2cnc3nc2NCCCCC(O)CCCCCCCN3)nc1.OC1CCCCCCCCNc2ncc(-c3ccccn3)c(n2)NCCCCC1.OC1CCCCCCCNc2ncc(-c3ccc(CN4CCCCC4)cn3)c(n2)NCCCC1. The highest BCUT2D eigenvalue weighted by atomic mass is 16.3. The van der Waals surface area contributed by atoms with E-state index in [2.05, 4.69) is 114 Å². The average Bonchev–Trinajstić information content (AvgIpc) is 0.854. The molecule has 4 atom stereocenters. The van der Waals surface area contributed by atoms with Crippen molar-refractivity contribution in [2.24, 2.45) is 0 Å². The number of likely N-dealkylation sites (tertiary alicyclic amines) is 1. The fourth-order valence-corrected chi connectivity index (χ4v) is 15.9. The Kier molecular flexibility index (Phi) is 43.5. The van der Waals surface area contributed by atoms with E-state index in [1.54, 1.807) is 6.20 Å². The number of rotatable bonds is 7. The summed E-state index contributed by atoms with van der Waals surface area (Å²) in [5.74, 6) is 5.99. The third-order valence-corrected chi connectivity index (χ3v) is 23.3. The summed E-state index contributed by atoms with van der Waals surface area (Å²) in [5, 5.41) is 68.1. The van der Waals surface area contributed by atoms with Gasteiger partial charge in [0.15, 0.2) is 0 Å². The van der Waals surface area contributed by atoms with Crippen LogP contribution >= 0.6 is 0 Å². The summed E-state index contributed by atoms with van der Waals surface area (Å²) in [6.45, 7) is 14.4. The lowest BCUT2D eigenvalue weighted by Gasteiger charge is -2.26. The molecule has 13 heterocycles. The number of nitrogens with one attached hydrogen (secondary N) is 8. The molecule has 120 heavy (non-hydrogen) atoms. The van der Waals surface area contributed by atoms with Gasteiger partial charge in [-0.25, -0.2) is 19.9 Å². The zero-order valence-corrected chi connectivity index (χ0v) is 72.7. The predicted octanol–water partition coefficient (Wildman–Crippen LogP) is 19.6. The molecule has 8 aromatic rings. The zero-order chi connectivity index (χ0) is 83.5. The Morgan fingerprint density at radius 2 is 0.567 bits per heavy atom. The molecule has 4 unspecified atom stereocenters. The number of hydrogen-bond acceptors (Lipinski definition) is 25. The highest BCUT2D eigenvalue weighted by molar-refractivity contribution is 5.75. The van der Waals surface area contributed by atoms with E-state index < -0.39 is 0 Å². The number of aliphatic hydroxyl groups is 4. The molecular formula is C95H145N21O4. The Hall–Kier alpha value is -8.88. The van der Waals surface area contributed by atoms with Crippen LogP contribution < -0.4 is 42.5 Å². The van der Waals surface area contributed by atoms with Crippen LogP contribution in [0.25, 0.3) is 45.0 Å². The van der Waals surface area contributed by atoms with Gasteiger partial charge in [-0.1, -0.05) is 160 Å². The van der Waals surface area contributed by atoms with Crippen LogP contribution in [0.15, 0.2) is 104 Å². The molecule has 0 amide bonds. The number of aryl methyl sites for hydroxylation is 2. The molecule has 12 N–H and O–H groups in total. The zero-order valence-electron chi connectivity index (χ0n) is 72.7. The van der Waals surface area contributed by atoms with Gasteiger partial charge in [-0.2, -0.15) is 19.9 Å². The predicted molar refractivity (Wildman–Crippen MR) is 492 cm³/mol. The largest absolute Gasteiger partial charge is 0.393 e. The molecule has 5 aliphatic rings. The molecule has 25 nitrogen and oxygen atoms in total. The molecule has 1 fully saturated rings. The molecule has 25 heteroatoms. The number of hydrogen-bond donors (Lipinski definition) is 12. The number of pyridine rings is 4. The van der Waals surface area contributed by atoms with Crippen molar-refractivity contribution in [3.05, 3.63) is 121 Å². The number of piperidine rings is 1. The van der Waals surface area contributed by atoms with E-state index in [1.807, 2.05) is 80.6 Å². The van der Waals surface area contributed by atoms with E-state index in [-0.39, 0.29) is 24.4 Å². The maximum atomic E-state index is 10.2. The first-order valence-corrected chi connectivity index (χ1v) is 46.7. The summed E-state index contributed by atoms with van der Waals surface area (Å²) >= 11 is 0. The first kappa shape index (κ1) is 93.4. The number of nitrogens with zero attached hydrogens (tertiary/aromatic N) is 13. The van der Waals surface area contributed by atoms with Gasteiger partial charge in [0.1, 0.15) is 23.3 Å². The van der Waals surface area contributed by atoms with Gasteiger partial charge in [-0.3, -0.25) is 24.8 Å². The molecule has 0 spiro atoms. The average molecular weight is 1650 g/mol. The van der Waals surface area contributed by atoms with Crippen LogP contribution in [0, 0.1) is 6.92 Å². The van der Waals surface area contributed by atoms with Crippen LogP contribution in [-0.4, -0.2) is 175 Å². The van der Waals surface area contributed by atoms with Crippen LogP contribution in [0.5, 0.6) is 0 Å². The van der Waals surface area contributed by atoms with Gasteiger partial charge in [0, 0.05) is 108 Å². The summed E-state index contributed by atoms with van der Waals surface area (Å²) in [5.41, 5.74) is 10.9. The molecule has 13 rings (SSSR count). The molecule has 0 radical (unpaired) electrons. The van der Waals surface area contributed by atoms with Crippen LogP contribution in [-0.2, 0) is 13.0 Å². The number of aliphatic hydroxyl groups excluding tert-OH is 4. The standard InChI is InChI=1S/C27H42N6O.2C23H35N5O.C22H33N5O/c34-23-11-5-2-1-3-7-16-29-27-31-20-24(26(32-27)28-15-8-6-12-23)25-14-13-22(19-30-25)21-33-17-9-4-10-18-33;1-2-18-12-13-21(26-16-18)20-17-27-23-25-15-8-5-3-4-6-10-19(29)11-7-9-14-24-22(20)28-23;29-19-12-6-3-1-2-4-9-17-26-23-27-18-20(21-14-8-11-15-24-21)22(28-23)25-16-10-5-7-13-19;1-17-11-12-20(25-15-17)19-16-26-22-24-14-7-4-2-3-5-9-18(28)10-6-8-13-23-21(19)27-22/h13-14,19-20,23,34H,1-12,15-18,21H2,(H2,28,29,31,32);12-13,16-17,19,29H,2-11,14-15H2,1H3,(H2,24,25,27,28);8,11,14-15,18-19,29H,1-7,9-10,12-13,16-17H2,(H2,25,26,27,28);11-12,15-16,18,28H,2-10,13-14H2,1H3,(H2,23,24,26,27). The van der Waals surface area contributed by atoms with E-state index in [0.717, 1.165) is 300 Å². The van der Waals surface area contributed by atoms with E-state index in [1.165, 1.54) is 127 Å². The van der Waals surface area contributed by atoms with Crippen LogP contribution in [0.1, 0.15) is 287 Å². The minimum absolute atomic E-state index is 0.130. The highest BCUT2D eigenvalue weighted by Crippen LogP contribution is 2.32. The Labute approximate surface area is 716 Å². The van der Waals surface area contributed by atoms with E-state index in [0.29, 0.717) is 23.8 Å². The second-order valence-electron chi connectivity index (χ2n) is 33.5. The van der Waals surface area contributed by atoms with E-state index >= 15 is 0 Å². The van der Waals surface area contributed by atoms with Gasteiger partial charge in [0.2, 0.25) is 23.8 Å². The van der Waals surface area contributed by atoms with Gasteiger partial charge in [-0.05, 0) is 208 Å². The Bertz CT molecular complexity index is 4050. The lowest BCUT2D eigenvalue weighted by Crippen LogP contribution is -2.29. The third kappa shape index (κ3) is 35.7. The Morgan fingerprint density at radius 1 is 0.283 bits per heavy atom. The lowest BCUT2D eigenvalue weighted by atomic mass is 10.0. The van der Waals surface area contributed by atoms with E-state index in [4.69, 9.17) is 24.9 Å². The van der Waals surface area contributed by atoms with Crippen molar-refractivity contribution in [1.29, 1.82) is 0 Å². The van der Waals surface area contributed by atoms with Gasteiger partial charge >= 0.3 is 0 Å². The second-order valence-corrected chi connectivity index (χ2v) is 33.5. The van der Waals surface area contributed by atoms with Crippen molar-refractivity contribution in [2.75, 3.05) is 108 Å². The molecular weight excluding hydrogens is 1500 g/mol. The summed E-state index contributed by atoms with van der Waals surface area (Å²) in [4.78, 5) is 58.0. The highest BCUT2D eigenvalue weighted by Gasteiger charge is 2.19. The maximum Gasteiger partial charge on any atom is 0.224 e. The maximum absolute atomic E-state index is 10.2.